The van der Waals surface area contributed by atoms with Gasteiger partial charge in [-0.2, -0.15) is 8.75 Å². The van der Waals surface area contributed by atoms with E-state index in [1.807, 2.05) is 18.2 Å². The van der Waals surface area contributed by atoms with Crippen molar-refractivity contribution in [3.8, 4) is 0 Å². The average molecular weight is 316 g/mol. The molecule has 0 unspecified atom stereocenters. The van der Waals surface area contributed by atoms with E-state index in [1.165, 1.54) is 6.20 Å². The molecule has 0 radical (unpaired) electrons. The van der Waals surface area contributed by atoms with Crippen molar-refractivity contribution in [1.82, 2.24) is 19.0 Å². The van der Waals surface area contributed by atoms with Crippen LogP contribution in [0.3, 0.4) is 0 Å². The summed E-state index contributed by atoms with van der Waals surface area (Å²) in [6.45, 7) is 1.24. The smallest absolute Gasteiger partial charge is 0.275 e. The number of piperidine rings is 1. The zero-order chi connectivity index (χ0) is 15.4. The second kappa shape index (κ2) is 6.65. The number of hydrogen-bond donors (Lipinski definition) is 1. The van der Waals surface area contributed by atoms with Gasteiger partial charge in [-0.15, -0.1) is 0 Å². The van der Waals surface area contributed by atoms with Crippen LogP contribution in [-0.2, 0) is 0 Å². The molecule has 7 heteroatoms. The van der Waals surface area contributed by atoms with Crippen LogP contribution in [0.1, 0.15) is 33.7 Å². The molecule has 0 aliphatic carbocycles. The minimum atomic E-state index is -0.0819. The molecule has 2 aromatic rings. The molecule has 2 amide bonds. The lowest BCUT2D eigenvalue weighted by molar-refractivity contribution is 0.0693. The highest BCUT2D eigenvalue weighted by Crippen LogP contribution is 2.14. The summed E-state index contributed by atoms with van der Waals surface area (Å²) in [5.41, 5.74) is 1.06. The monoisotopic (exact) mass is 316 g/mol. The Morgan fingerprint density at radius 2 is 1.91 bits per heavy atom. The quantitative estimate of drug-likeness (QED) is 0.933. The molecule has 1 aromatic heterocycles. The number of rotatable bonds is 3. The molecular formula is C15H16N4O2S. The Hall–Kier alpha value is -2.28. The van der Waals surface area contributed by atoms with Crippen LogP contribution in [0.4, 0.5) is 0 Å². The predicted molar refractivity (Wildman–Crippen MR) is 82.7 cm³/mol. The van der Waals surface area contributed by atoms with Crippen molar-refractivity contribution >= 4 is 23.5 Å². The summed E-state index contributed by atoms with van der Waals surface area (Å²) in [5, 5.41) is 3.03. The number of likely N-dealkylation sites (tertiary alicyclic amines) is 1. The molecule has 1 fully saturated rings. The molecule has 2 heterocycles. The summed E-state index contributed by atoms with van der Waals surface area (Å²) in [7, 11) is 0. The first-order valence-electron chi connectivity index (χ1n) is 7.17. The van der Waals surface area contributed by atoms with Crippen molar-refractivity contribution in [3.63, 3.8) is 0 Å². The van der Waals surface area contributed by atoms with Crippen LogP contribution in [0, 0.1) is 0 Å². The molecule has 6 nitrogen and oxygen atoms in total. The van der Waals surface area contributed by atoms with Gasteiger partial charge in [0.05, 0.1) is 17.9 Å². The number of nitrogens with zero attached hydrogens (tertiary/aromatic N) is 3. The minimum Gasteiger partial charge on any atom is -0.349 e. The topological polar surface area (TPSA) is 75.2 Å². The number of amides is 2. The van der Waals surface area contributed by atoms with Gasteiger partial charge in [-0.1, -0.05) is 18.2 Å². The van der Waals surface area contributed by atoms with Gasteiger partial charge in [-0.25, -0.2) is 0 Å². The van der Waals surface area contributed by atoms with Crippen LogP contribution in [-0.4, -0.2) is 44.6 Å². The normalized spacial score (nSPS) is 15.5. The molecule has 0 bridgehead atoms. The molecule has 0 atom stereocenters. The zero-order valence-electron chi connectivity index (χ0n) is 11.9. The van der Waals surface area contributed by atoms with Gasteiger partial charge in [0.1, 0.15) is 0 Å². The van der Waals surface area contributed by atoms with Crippen LogP contribution in [0.25, 0.3) is 0 Å². The maximum Gasteiger partial charge on any atom is 0.275 e. The van der Waals surface area contributed by atoms with E-state index in [9.17, 15) is 9.59 Å². The number of carbonyl (C=O) groups is 2. The number of carbonyl (C=O) groups excluding carboxylic acids is 2. The van der Waals surface area contributed by atoms with Crippen molar-refractivity contribution < 1.29 is 9.59 Å². The Morgan fingerprint density at radius 1 is 1.18 bits per heavy atom. The SMILES string of the molecule is O=C(NC1CCN(C(=O)c2cnsn2)CC1)c1ccccc1. The third-order valence-electron chi connectivity index (χ3n) is 3.73. The van der Waals surface area contributed by atoms with Gasteiger partial charge in [0.15, 0.2) is 5.69 Å². The number of aromatic nitrogens is 2. The van der Waals surface area contributed by atoms with Crippen LogP contribution < -0.4 is 5.32 Å². The van der Waals surface area contributed by atoms with Crippen molar-refractivity contribution in [2.24, 2.45) is 0 Å². The Balaban J connectivity index is 1.52. The van der Waals surface area contributed by atoms with E-state index in [2.05, 4.69) is 14.1 Å². The molecule has 1 aliphatic rings. The summed E-state index contributed by atoms with van der Waals surface area (Å²) in [4.78, 5) is 26.0. The first-order valence-corrected chi connectivity index (χ1v) is 7.90. The predicted octanol–water partition coefficient (Wildman–Crippen LogP) is 1.57. The van der Waals surface area contributed by atoms with E-state index < -0.39 is 0 Å². The van der Waals surface area contributed by atoms with E-state index in [4.69, 9.17) is 0 Å². The van der Waals surface area contributed by atoms with E-state index in [-0.39, 0.29) is 17.9 Å². The molecule has 3 rings (SSSR count). The lowest BCUT2D eigenvalue weighted by Gasteiger charge is -2.31. The highest BCUT2D eigenvalue weighted by molar-refractivity contribution is 6.99. The fourth-order valence-electron chi connectivity index (χ4n) is 2.51. The van der Waals surface area contributed by atoms with Crippen LogP contribution in [0.5, 0.6) is 0 Å². The van der Waals surface area contributed by atoms with Crippen molar-refractivity contribution in [1.29, 1.82) is 0 Å². The summed E-state index contributed by atoms with van der Waals surface area (Å²) < 4.78 is 7.82. The fourth-order valence-corrected chi connectivity index (χ4v) is 2.91. The fraction of sp³-hybridized carbons (Fsp3) is 0.333. The molecular weight excluding hydrogens is 300 g/mol. The Morgan fingerprint density at radius 3 is 2.55 bits per heavy atom. The van der Waals surface area contributed by atoms with E-state index in [0.717, 1.165) is 24.6 Å². The lowest BCUT2D eigenvalue weighted by atomic mass is 10.0. The van der Waals surface area contributed by atoms with Crippen molar-refractivity contribution in [2.75, 3.05) is 13.1 Å². The molecule has 1 aliphatic heterocycles. The second-order valence-corrected chi connectivity index (χ2v) is 5.76. The van der Waals surface area contributed by atoms with Gasteiger partial charge in [0.2, 0.25) is 0 Å². The van der Waals surface area contributed by atoms with Gasteiger partial charge in [0, 0.05) is 24.7 Å². The van der Waals surface area contributed by atoms with E-state index in [1.54, 1.807) is 17.0 Å². The molecule has 22 heavy (non-hydrogen) atoms. The van der Waals surface area contributed by atoms with Crippen molar-refractivity contribution in [2.45, 2.75) is 18.9 Å². The van der Waals surface area contributed by atoms with Crippen LogP contribution in [0.2, 0.25) is 0 Å². The number of hydrogen-bond acceptors (Lipinski definition) is 5. The lowest BCUT2D eigenvalue weighted by Crippen LogP contribution is -2.46. The molecule has 1 aromatic carbocycles. The van der Waals surface area contributed by atoms with Crippen LogP contribution in [0.15, 0.2) is 36.5 Å². The molecule has 114 valence electrons. The number of benzene rings is 1. The Bertz CT molecular complexity index is 637. The first kappa shape index (κ1) is 14.6. The Kier molecular flexibility index (Phi) is 4.43. The Labute approximate surface area is 132 Å². The molecule has 1 saturated heterocycles. The van der Waals surface area contributed by atoms with Crippen LogP contribution >= 0.6 is 11.7 Å². The van der Waals surface area contributed by atoms with Gasteiger partial charge >= 0.3 is 0 Å². The van der Waals surface area contributed by atoms with Gasteiger partial charge in [-0.3, -0.25) is 9.59 Å². The largest absolute Gasteiger partial charge is 0.349 e. The number of nitrogens with one attached hydrogen (secondary N) is 1. The maximum absolute atomic E-state index is 12.2. The van der Waals surface area contributed by atoms with Gasteiger partial charge < -0.3 is 10.2 Å². The first-order chi connectivity index (χ1) is 10.7. The maximum atomic E-state index is 12.2. The summed E-state index contributed by atoms with van der Waals surface area (Å²) in [6.07, 6.45) is 3.00. The third kappa shape index (κ3) is 3.30. The summed E-state index contributed by atoms with van der Waals surface area (Å²) in [6, 6.07) is 9.27. The summed E-state index contributed by atoms with van der Waals surface area (Å²) >= 11 is 1.03. The molecule has 1 N–H and O–H groups in total. The molecule has 0 saturated carbocycles. The van der Waals surface area contributed by atoms with E-state index in [0.29, 0.717) is 24.3 Å². The van der Waals surface area contributed by atoms with E-state index >= 15 is 0 Å². The highest BCUT2D eigenvalue weighted by atomic mass is 32.1. The van der Waals surface area contributed by atoms with Gasteiger partial charge in [0.25, 0.3) is 11.8 Å². The third-order valence-corrected chi connectivity index (χ3v) is 4.21. The molecule has 0 spiro atoms. The minimum absolute atomic E-state index is 0.0610. The van der Waals surface area contributed by atoms with Gasteiger partial charge in [-0.05, 0) is 25.0 Å². The highest BCUT2D eigenvalue weighted by Gasteiger charge is 2.25. The van der Waals surface area contributed by atoms with Crippen molar-refractivity contribution in [3.05, 3.63) is 47.8 Å². The average Bonchev–Trinajstić information content (AvgIpc) is 3.10. The standard InChI is InChI=1S/C15H16N4O2S/c20-14(11-4-2-1-3-5-11)17-12-6-8-19(9-7-12)15(21)13-10-16-22-18-13/h1-5,10,12H,6-9H2,(H,17,20). The summed E-state index contributed by atoms with van der Waals surface area (Å²) in [5.74, 6) is -0.143. The second-order valence-electron chi connectivity index (χ2n) is 5.20. The zero-order valence-corrected chi connectivity index (χ0v) is 12.8.